The lowest BCUT2D eigenvalue weighted by atomic mass is 10.0. The highest BCUT2D eigenvalue weighted by atomic mass is 16.3. The summed E-state index contributed by atoms with van der Waals surface area (Å²) in [4.78, 5) is 6.54. The Bertz CT molecular complexity index is 539. The third-order valence-electron chi connectivity index (χ3n) is 3.01. The number of aromatic nitrogens is 1. The standard InChI is InChI=1S/C14H21N3O/c1-10-16-12-9-11(5-6-13(12)18-10)17(4)8-7-14(2,3)15/h5-6,9H,7-8,15H2,1-4H3. The van der Waals surface area contributed by atoms with Crippen molar-refractivity contribution in [3.05, 3.63) is 24.1 Å². The number of nitrogens with zero attached hydrogens (tertiary/aromatic N) is 2. The second-order valence-corrected chi connectivity index (χ2v) is 5.55. The van der Waals surface area contributed by atoms with E-state index in [1.165, 1.54) is 0 Å². The number of anilines is 1. The van der Waals surface area contributed by atoms with E-state index in [-0.39, 0.29) is 5.54 Å². The summed E-state index contributed by atoms with van der Waals surface area (Å²) in [7, 11) is 2.07. The van der Waals surface area contributed by atoms with E-state index in [1.54, 1.807) is 0 Å². The zero-order valence-corrected chi connectivity index (χ0v) is 11.5. The van der Waals surface area contributed by atoms with Crippen molar-refractivity contribution in [2.75, 3.05) is 18.5 Å². The van der Waals surface area contributed by atoms with Crippen molar-refractivity contribution in [3.8, 4) is 0 Å². The molecular weight excluding hydrogens is 226 g/mol. The fraction of sp³-hybridized carbons (Fsp3) is 0.500. The van der Waals surface area contributed by atoms with Gasteiger partial charge in [-0.3, -0.25) is 0 Å². The van der Waals surface area contributed by atoms with Crippen LogP contribution < -0.4 is 10.6 Å². The Labute approximate surface area is 108 Å². The Morgan fingerprint density at radius 3 is 2.78 bits per heavy atom. The van der Waals surface area contributed by atoms with E-state index in [2.05, 4.69) is 29.1 Å². The Kier molecular flexibility index (Phi) is 3.30. The first-order valence-corrected chi connectivity index (χ1v) is 6.22. The van der Waals surface area contributed by atoms with E-state index in [0.717, 1.165) is 29.8 Å². The molecule has 1 heterocycles. The number of hydrogen-bond acceptors (Lipinski definition) is 4. The number of benzene rings is 1. The molecule has 18 heavy (non-hydrogen) atoms. The molecule has 0 saturated heterocycles. The average Bonchev–Trinajstić information content (AvgIpc) is 2.63. The summed E-state index contributed by atoms with van der Waals surface area (Å²) in [6.07, 6.45) is 0.944. The van der Waals surface area contributed by atoms with Crippen LogP contribution in [-0.4, -0.2) is 24.1 Å². The number of aryl methyl sites for hydroxylation is 1. The highest BCUT2D eigenvalue weighted by molar-refractivity contribution is 5.77. The predicted molar refractivity (Wildman–Crippen MR) is 74.9 cm³/mol. The molecule has 0 amide bonds. The van der Waals surface area contributed by atoms with Crippen molar-refractivity contribution in [1.29, 1.82) is 0 Å². The van der Waals surface area contributed by atoms with E-state index in [9.17, 15) is 0 Å². The molecule has 0 atom stereocenters. The molecule has 2 N–H and O–H groups in total. The maximum atomic E-state index is 6.00. The van der Waals surface area contributed by atoms with Gasteiger partial charge >= 0.3 is 0 Å². The summed E-state index contributed by atoms with van der Waals surface area (Å²) in [5.74, 6) is 0.702. The normalized spacial score (nSPS) is 12.1. The lowest BCUT2D eigenvalue weighted by molar-refractivity contribution is 0.479. The smallest absolute Gasteiger partial charge is 0.192 e. The summed E-state index contributed by atoms with van der Waals surface area (Å²) >= 11 is 0. The van der Waals surface area contributed by atoms with Crippen molar-refractivity contribution in [1.82, 2.24) is 4.98 Å². The van der Waals surface area contributed by atoms with Gasteiger partial charge in [-0.15, -0.1) is 0 Å². The lowest BCUT2D eigenvalue weighted by Crippen LogP contribution is -2.36. The molecule has 0 aliphatic carbocycles. The predicted octanol–water partition coefficient (Wildman–Crippen LogP) is 2.70. The number of rotatable bonds is 4. The van der Waals surface area contributed by atoms with Gasteiger partial charge in [-0.2, -0.15) is 0 Å². The first-order valence-electron chi connectivity index (χ1n) is 6.22. The molecule has 4 heteroatoms. The number of fused-ring (bicyclic) bond motifs is 1. The first kappa shape index (κ1) is 12.9. The Balaban J connectivity index is 2.14. The van der Waals surface area contributed by atoms with Crippen LogP contribution in [0.25, 0.3) is 11.1 Å². The minimum atomic E-state index is -0.136. The van der Waals surface area contributed by atoms with Crippen molar-refractivity contribution >= 4 is 16.8 Å². The molecule has 0 aliphatic heterocycles. The minimum Gasteiger partial charge on any atom is -0.441 e. The average molecular weight is 247 g/mol. The van der Waals surface area contributed by atoms with Gasteiger partial charge in [-0.05, 0) is 38.5 Å². The Morgan fingerprint density at radius 2 is 2.11 bits per heavy atom. The molecule has 0 unspecified atom stereocenters. The Hall–Kier alpha value is -1.55. The van der Waals surface area contributed by atoms with E-state index >= 15 is 0 Å². The van der Waals surface area contributed by atoms with E-state index < -0.39 is 0 Å². The van der Waals surface area contributed by atoms with Crippen LogP contribution in [0.3, 0.4) is 0 Å². The van der Waals surface area contributed by atoms with Crippen molar-refractivity contribution in [3.63, 3.8) is 0 Å². The molecule has 0 bridgehead atoms. The summed E-state index contributed by atoms with van der Waals surface area (Å²) in [6, 6.07) is 6.07. The van der Waals surface area contributed by atoms with Crippen LogP contribution in [0.1, 0.15) is 26.2 Å². The third kappa shape index (κ3) is 3.01. The van der Waals surface area contributed by atoms with Gasteiger partial charge in [-0.25, -0.2) is 4.98 Å². The summed E-state index contributed by atoms with van der Waals surface area (Å²) in [6.45, 7) is 6.88. The molecule has 0 aliphatic rings. The van der Waals surface area contributed by atoms with Gasteiger partial charge in [0, 0.05) is 31.7 Å². The van der Waals surface area contributed by atoms with Crippen LogP contribution in [0.5, 0.6) is 0 Å². The topological polar surface area (TPSA) is 55.3 Å². The fourth-order valence-corrected chi connectivity index (χ4v) is 1.85. The van der Waals surface area contributed by atoms with Crippen LogP contribution >= 0.6 is 0 Å². The van der Waals surface area contributed by atoms with Crippen LogP contribution in [0.2, 0.25) is 0 Å². The third-order valence-corrected chi connectivity index (χ3v) is 3.01. The number of hydrogen-bond donors (Lipinski definition) is 1. The second-order valence-electron chi connectivity index (χ2n) is 5.55. The summed E-state index contributed by atoms with van der Waals surface area (Å²) in [5.41, 5.74) is 8.75. The van der Waals surface area contributed by atoms with E-state index in [4.69, 9.17) is 10.2 Å². The van der Waals surface area contributed by atoms with E-state index in [0.29, 0.717) is 5.89 Å². The fourth-order valence-electron chi connectivity index (χ4n) is 1.85. The number of oxazole rings is 1. The zero-order chi connectivity index (χ0) is 13.3. The maximum absolute atomic E-state index is 6.00. The molecule has 0 spiro atoms. The van der Waals surface area contributed by atoms with Crippen LogP contribution in [0, 0.1) is 6.92 Å². The summed E-state index contributed by atoms with van der Waals surface area (Å²) < 4.78 is 5.47. The van der Waals surface area contributed by atoms with Crippen molar-refractivity contribution < 1.29 is 4.42 Å². The number of nitrogens with two attached hydrogens (primary N) is 1. The van der Waals surface area contributed by atoms with Crippen LogP contribution in [0.15, 0.2) is 22.6 Å². The first-order chi connectivity index (χ1) is 8.35. The van der Waals surface area contributed by atoms with E-state index in [1.807, 2.05) is 26.8 Å². The molecular formula is C14H21N3O. The van der Waals surface area contributed by atoms with Crippen molar-refractivity contribution in [2.24, 2.45) is 5.73 Å². The zero-order valence-electron chi connectivity index (χ0n) is 11.5. The largest absolute Gasteiger partial charge is 0.441 e. The molecule has 1 aromatic carbocycles. The monoisotopic (exact) mass is 247 g/mol. The SMILES string of the molecule is Cc1nc2cc(N(C)CCC(C)(C)N)ccc2o1. The minimum absolute atomic E-state index is 0.136. The van der Waals surface area contributed by atoms with Gasteiger partial charge in [0.05, 0.1) is 0 Å². The molecule has 98 valence electrons. The van der Waals surface area contributed by atoms with Gasteiger partial charge in [0.15, 0.2) is 11.5 Å². The molecule has 4 nitrogen and oxygen atoms in total. The van der Waals surface area contributed by atoms with Crippen LogP contribution in [-0.2, 0) is 0 Å². The van der Waals surface area contributed by atoms with Gasteiger partial charge in [0.2, 0.25) is 0 Å². The second kappa shape index (κ2) is 4.61. The van der Waals surface area contributed by atoms with Crippen LogP contribution in [0.4, 0.5) is 5.69 Å². The molecule has 1 aromatic heterocycles. The van der Waals surface area contributed by atoms with Gasteiger partial charge in [-0.1, -0.05) is 0 Å². The Morgan fingerprint density at radius 1 is 1.39 bits per heavy atom. The highest BCUT2D eigenvalue weighted by Gasteiger charge is 2.12. The van der Waals surface area contributed by atoms with Crippen molar-refractivity contribution in [2.45, 2.75) is 32.7 Å². The molecule has 2 rings (SSSR count). The molecule has 0 saturated carbocycles. The quantitative estimate of drug-likeness (QED) is 0.902. The summed E-state index contributed by atoms with van der Waals surface area (Å²) in [5, 5.41) is 0. The maximum Gasteiger partial charge on any atom is 0.192 e. The highest BCUT2D eigenvalue weighted by Crippen LogP contribution is 2.22. The molecule has 0 radical (unpaired) electrons. The molecule has 2 aromatic rings. The van der Waals surface area contributed by atoms with Gasteiger partial charge in [0.1, 0.15) is 5.52 Å². The molecule has 0 fully saturated rings. The lowest BCUT2D eigenvalue weighted by Gasteiger charge is -2.25. The van der Waals surface area contributed by atoms with Gasteiger partial charge in [0.25, 0.3) is 0 Å². The van der Waals surface area contributed by atoms with Gasteiger partial charge < -0.3 is 15.1 Å².